The van der Waals surface area contributed by atoms with Crippen LogP contribution in [0.3, 0.4) is 0 Å². The van der Waals surface area contributed by atoms with E-state index in [2.05, 4.69) is 50.1 Å². The molecule has 5 unspecified atom stereocenters. The molecule has 1 saturated heterocycles. The van der Waals surface area contributed by atoms with Crippen LogP contribution in [0.25, 0.3) is 0 Å². The zero-order valence-corrected chi connectivity index (χ0v) is 12.5. The summed E-state index contributed by atoms with van der Waals surface area (Å²) >= 11 is 0. The zero-order chi connectivity index (χ0) is 13.8. The van der Waals surface area contributed by atoms with Gasteiger partial charge in [-0.3, -0.25) is 4.98 Å². The average molecular weight is 262 g/mol. The van der Waals surface area contributed by atoms with Gasteiger partial charge in [0, 0.05) is 30.3 Å². The Morgan fingerprint density at radius 3 is 2.58 bits per heavy atom. The highest BCUT2D eigenvalue weighted by Crippen LogP contribution is 2.35. The lowest BCUT2D eigenvalue weighted by atomic mass is 9.81. The summed E-state index contributed by atoms with van der Waals surface area (Å²) in [5, 5.41) is 3.63. The fraction of sp³-hybridized carbons (Fsp3) is 0.688. The van der Waals surface area contributed by atoms with Gasteiger partial charge in [-0.2, -0.15) is 0 Å². The molecule has 0 aromatic carbocycles. The lowest BCUT2D eigenvalue weighted by Crippen LogP contribution is -2.43. The van der Waals surface area contributed by atoms with Crippen molar-refractivity contribution in [3.63, 3.8) is 0 Å². The number of rotatable bonds is 5. The molecule has 106 valence electrons. The zero-order valence-electron chi connectivity index (χ0n) is 12.5. The van der Waals surface area contributed by atoms with Crippen molar-refractivity contribution in [2.45, 2.75) is 52.4 Å². The summed E-state index contributed by atoms with van der Waals surface area (Å²) in [4.78, 5) is 4.46. The van der Waals surface area contributed by atoms with Crippen LogP contribution in [0.1, 0.15) is 33.4 Å². The normalized spacial score (nSPS) is 32.4. The second kappa shape index (κ2) is 6.49. The number of hydrogen-bond donors (Lipinski definition) is 1. The van der Waals surface area contributed by atoms with Crippen molar-refractivity contribution in [3.8, 4) is 0 Å². The first-order valence-electron chi connectivity index (χ1n) is 7.42. The largest absolute Gasteiger partial charge is 0.375 e. The van der Waals surface area contributed by atoms with Gasteiger partial charge in [0.2, 0.25) is 0 Å². The van der Waals surface area contributed by atoms with Crippen molar-refractivity contribution >= 4 is 0 Å². The second-order valence-corrected chi connectivity index (χ2v) is 5.67. The smallest absolute Gasteiger partial charge is 0.0597 e. The SMILES string of the molecule is CCNC(Cc1ccccn1)C1C(C)OC(C)C1C. The third-order valence-electron chi connectivity index (χ3n) is 4.41. The van der Waals surface area contributed by atoms with Crippen molar-refractivity contribution in [2.75, 3.05) is 6.54 Å². The van der Waals surface area contributed by atoms with E-state index < -0.39 is 0 Å². The van der Waals surface area contributed by atoms with Gasteiger partial charge in [-0.05, 0) is 38.4 Å². The summed E-state index contributed by atoms with van der Waals surface area (Å²) in [6.07, 6.45) is 3.52. The van der Waals surface area contributed by atoms with Crippen molar-refractivity contribution < 1.29 is 4.74 Å². The van der Waals surface area contributed by atoms with Gasteiger partial charge in [-0.25, -0.2) is 0 Å². The number of nitrogens with zero attached hydrogens (tertiary/aromatic N) is 1. The van der Waals surface area contributed by atoms with E-state index in [1.54, 1.807) is 0 Å². The predicted octanol–water partition coefficient (Wildman–Crippen LogP) is 2.66. The number of aromatic nitrogens is 1. The highest BCUT2D eigenvalue weighted by Gasteiger charge is 2.41. The third-order valence-corrected chi connectivity index (χ3v) is 4.41. The highest BCUT2D eigenvalue weighted by molar-refractivity contribution is 5.07. The summed E-state index contributed by atoms with van der Waals surface area (Å²) < 4.78 is 5.99. The van der Waals surface area contributed by atoms with Crippen LogP contribution < -0.4 is 5.32 Å². The fourth-order valence-corrected chi connectivity index (χ4v) is 3.34. The Balaban J connectivity index is 2.11. The van der Waals surface area contributed by atoms with E-state index in [0.717, 1.165) is 18.7 Å². The quantitative estimate of drug-likeness (QED) is 0.886. The van der Waals surface area contributed by atoms with Crippen molar-refractivity contribution in [2.24, 2.45) is 11.8 Å². The van der Waals surface area contributed by atoms with Crippen LogP contribution >= 0.6 is 0 Å². The molecule has 1 N–H and O–H groups in total. The Morgan fingerprint density at radius 1 is 1.26 bits per heavy atom. The molecule has 0 amide bonds. The van der Waals surface area contributed by atoms with E-state index in [0.29, 0.717) is 30.1 Å². The van der Waals surface area contributed by atoms with E-state index >= 15 is 0 Å². The van der Waals surface area contributed by atoms with Gasteiger partial charge < -0.3 is 10.1 Å². The Bertz CT molecular complexity index is 382. The first-order chi connectivity index (χ1) is 9.13. The molecular formula is C16H26N2O. The standard InChI is InChI=1S/C16H26N2O/c1-5-17-15(10-14-8-6-7-9-18-14)16-11(2)12(3)19-13(16)4/h6-9,11-13,15-17H,5,10H2,1-4H3. The summed E-state index contributed by atoms with van der Waals surface area (Å²) in [5.41, 5.74) is 1.16. The lowest BCUT2D eigenvalue weighted by molar-refractivity contribution is 0.0476. The maximum Gasteiger partial charge on any atom is 0.0597 e. The molecule has 3 nitrogen and oxygen atoms in total. The van der Waals surface area contributed by atoms with Crippen LogP contribution in [-0.2, 0) is 11.2 Å². The molecule has 1 aliphatic rings. The van der Waals surface area contributed by atoms with E-state index in [4.69, 9.17) is 4.74 Å². The average Bonchev–Trinajstić information content (AvgIpc) is 2.64. The predicted molar refractivity (Wildman–Crippen MR) is 78.1 cm³/mol. The Kier molecular flexibility index (Phi) is 4.94. The molecule has 2 rings (SSSR count). The first kappa shape index (κ1) is 14.5. The molecule has 0 radical (unpaired) electrons. The molecule has 2 heterocycles. The third kappa shape index (κ3) is 3.34. The molecule has 5 atom stereocenters. The summed E-state index contributed by atoms with van der Waals surface area (Å²) in [6, 6.07) is 6.58. The monoisotopic (exact) mass is 262 g/mol. The van der Waals surface area contributed by atoms with Gasteiger partial charge in [0.25, 0.3) is 0 Å². The van der Waals surface area contributed by atoms with Gasteiger partial charge in [-0.1, -0.05) is 19.9 Å². The Morgan fingerprint density at radius 2 is 2.05 bits per heavy atom. The van der Waals surface area contributed by atoms with Gasteiger partial charge in [0.15, 0.2) is 0 Å². The fourth-order valence-electron chi connectivity index (χ4n) is 3.34. The molecule has 0 saturated carbocycles. The van der Waals surface area contributed by atoms with E-state index in [-0.39, 0.29) is 0 Å². The second-order valence-electron chi connectivity index (χ2n) is 5.67. The molecule has 0 spiro atoms. The minimum Gasteiger partial charge on any atom is -0.375 e. The lowest BCUT2D eigenvalue weighted by Gasteiger charge is -2.29. The van der Waals surface area contributed by atoms with Crippen LogP contribution in [-0.4, -0.2) is 29.8 Å². The van der Waals surface area contributed by atoms with Crippen molar-refractivity contribution in [3.05, 3.63) is 30.1 Å². The highest BCUT2D eigenvalue weighted by atomic mass is 16.5. The van der Waals surface area contributed by atoms with Crippen LogP contribution in [0.4, 0.5) is 0 Å². The summed E-state index contributed by atoms with van der Waals surface area (Å²) in [7, 11) is 0. The number of ether oxygens (including phenoxy) is 1. The molecule has 1 aromatic heterocycles. The molecule has 1 fully saturated rings. The molecule has 3 heteroatoms. The maximum atomic E-state index is 5.99. The summed E-state index contributed by atoms with van der Waals surface area (Å²) in [5.74, 6) is 1.14. The molecule has 19 heavy (non-hydrogen) atoms. The topological polar surface area (TPSA) is 34.2 Å². The minimum atomic E-state index is 0.317. The number of nitrogens with one attached hydrogen (secondary N) is 1. The van der Waals surface area contributed by atoms with Gasteiger partial charge in [0.05, 0.1) is 12.2 Å². The number of pyridine rings is 1. The summed E-state index contributed by atoms with van der Waals surface area (Å²) in [6.45, 7) is 9.85. The first-order valence-corrected chi connectivity index (χ1v) is 7.42. The molecule has 1 aromatic rings. The molecule has 0 bridgehead atoms. The van der Waals surface area contributed by atoms with E-state index in [1.807, 2.05) is 12.3 Å². The van der Waals surface area contributed by atoms with Crippen LogP contribution in [0.5, 0.6) is 0 Å². The minimum absolute atomic E-state index is 0.317. The molecule has 1 aliphatic heterocycles. The molecular weight excluding hydrogens is 236 g/mol. The Hall–Kier alpha value is -0.930. The van der Waals surface area contributed by atoms with Crippen LogP contribution in [0.2, 0.25) is 0 Å². The number of likely N-dealkylation sites (N-methyl/N-ethyl adjacent to an activating group) is 1. The number of hydrogen-bond acceptors (Lipinski definition) is 3. The van der Waals surface area contributed by atoms with Crippen molar-refractivity contribution in [1.29, 1.82) is 0 Å². The van der Waals surface area contributed by atoms with Crippen LogP contribution in [0.15, 0.2) is 24.4 Å². The van der Waals surface area contributed by atoms with Crippen molar-refractivity contribution in [1.82, 2.24) is 10.3 Å². The van der Waals surface area contributed by atoms with Gasteiger partial charge >= 0.3 is 0 Å². The Labute approximate surface area is 116 Å². The van der Waals surface area contributed by atoms with Crippen LogP contribution in [0, 0.1) is 11.8 Å². The maximum absolute atomic E-state index is 5.99. The molecule has 0 aliphatic carbocycles. The van der Waals surface area contributed by atoms with Gasteiger partial charge in [-0.15, -0.1) is 0 Å². The van der Waals surface area contributed by atoms with E-state index in [1.165, 1.54) is 0 Å². The van der Waals surface area contributed by atoms with E-state index in [9.17, 15) is 0 Å². The van der Waals surface area contributed by atoms with Gasteiger partial charge in [0.1, 0.15) is 0 Å².